The molecule has 1 atom stereocenters. The first kappa shape index (κ1) is 15.8. The standard InChI is InChI=1S/C17H25NO3S/c1-12-11-20-17(14-13(12)5-10-22-14)6-8-18(9-7-17)15(19)21-16(2,3)4/h5,10,12H,6-9,11H2,1-4H3/t12-/m1/s1. The normalized spacial score (nSPS) is 24.2. The zero-order valence-corrected chi connectivity index (χ0v) is 14.7. The summed E-state index contributed by atoms with van der Waals surface area (Å²) in [5.41, 5.74) is 0.806. The summed E-state index contributed by atoms with van der Waals surface area (Å²) in [5, 5.41) is 2.16. The Morgan fingerprint density at radius 2 is 2.09 bits per heavy atom. The molecular formula is C17H25NO3S. The van der Waals surface area contributed by atoms with Gasteiger partial charge in [-0.2, -0.15) is 0 Å². The van der Waals surface area contributed by atoms with Gasteiger partial charge in [-0.1, -0.05) is 6.92 Å². The van der Waals surface area contributed by atoms with Crippen LogP contribution in [-0.2, 0) is 15.1 Å². The number of likely N-dealkylation sites (tertiary alicyclic amines) is 1. The van der Waals surface area contributed by atoms with E-state index in [2.05, 4.69) is 18.4 Å². The molecule has 2 aliphatic rings. The van der Waals surface area contributed by atoms with Crippen molar-refractivity contribution in [2.24, 2.45) is 0 Å². The lowest BCUT2D eigenvalue weighted by Gasteiger charge is -2.45. The minimum Gasteiger partial charge on any atom is -0.444 e. The number of ether oxygens (including phenoxy) is 2. The molecule has 1 saturated heterocycles. The summed E-state index contributed by atoms with van der Waals surface area (Å²) in [6, 6.07) is 2.23. The summed E-state index contributed by atoms with van der Waals surface area (Å²) in [6.07, 6.45) is 1.50. The Morgan fingerprint density at radius 1 is 1.41 bits per heavy atom. The van der Waals surface area contributed by atoms with E-state index in [0.29, 0.717) is 19.0 Å². The highest BCUT2D eigenvalue weighted by molar-refractivity contribution is 7.10. The molecule has 2 aliphatic heterocycles. The largest absolute Gasteiger partial charge is 0.444 e. The van der Waals surface area contributed by atoms with Gasteiger partial charge < -0.3 is 14.4 Å². The van der Waals surface area contributed by atoms with Crippen LogP contribution in [0.1, 0.15) is 56.9 Å². The van der Waals surface area contributed by atoms with Gasteiger partial charge in [0.05, 0.1) is 6.61 Å². The predicted octanol–water partition coefficient (Wildman–Crippen LogP) is 4.11. The number of carbonyl (C=O) groups is 1. The molecule has 0 saturated carbocycles. The second-order valence-electron chi connectivity index (χ2n) is 7.38. The first-order valence-corrected chi connectivity index (χ1v) is 8.88. The summed E-state index contributed by atoms with van der Waals surface area (Å²) < 4.78 is 11.7. The van der Waals surface area contributed by atoms with Crippen LogP contribution in [0.5, 0.6) is 0 Å². The van der Waals surface area contributed by atoms with Crippen LogP contribution in [0.15, 0.2) is 11.4 Å². The number of fused-ring (bicyclic) bond motifs is 2. The van der Waals surface area contributed by atoms with Crippen molar-refractivity contribution in [1.82, 2.24) is 4.90 Å². The van der Waals surface area contributed by atoms with Crippen molar-refractivity contribution in [2.75, 3.05) is 19.7 Å². The number of thiophene rings is 1. The minimum absolute atomic E-state index is 0.186. The van der Waals surface area contributed by atoms with Crippen LogP contribution in [0.4, 0.5) is 4.79 Å². The quantitative estimate of drug-likeness (QED) is 0.721. The van der Waals surface area contributed by atoms with Crippen LogP contribution in [0.25, 0.3) is 0 Å². The second kappa shape index (κ2) is 5.53. The maximum absolute atomic E-state index is 12.2. The van der Waals surface area contributed by atoms with Crippen molar-refractivity contribution in [3.05, 3.63) is 21.9 Å². The minimum atomic E-state index is -0.441. The Bertz CT molecular complexity index is 552. The zero-order valence-electron chi connectivity index (χ0n) is 13.8. The molecular weight excluding hydrogens is 298 g/mol. The van der Waals surface area contributed by atoms with Crippen LogP contribution < -0.4 is 0 Å². The fraction of sp³-hybridized carbons (Fsp3) is 0.706. The van der Waals surface area contributed by atoms with Gasteiger partial charge in [-0.05, 0) is 50.6 Å². The average Bonchev–Trinajstić information content (AvgIpc) is 2.93. The number of rotatable bonds is 0. The zero-order chi connectivity index (χ0) is 16.0. The molecule has 3 rings (SSSR count). The van der Waals surface area contributed by atoms with E-state index < -0.39 is 5.60 Å². The third-order valence-electron chi connectivity index (χ3n) is 4.47. The van der Waals surface area contributed by atoms with Crippen LogP contribution in [0.3, 0.4) is 0 Å². The molecule has 0 radical (unpaired) electrons. The van der Waals surface area contributed by atoms with Crippen LogP contribution in [-0.4, -0.2) is 36.3 Å². The number of carbonyl (C=O) groups excluding carboxylic acids is 1. The lowest BCUT2D eigenvalue weighted by Crippen LogP contribution is -2.49. The third-order valence-corrected chi connectivity index (χ3v) is 5.59. The molecule has 3 heterocycles. The van der Waals surface area contributed by atoms with E-state index in [1.807, 2.05) is 25.7 Å². The van der Waals surface area contributed by atoms with Gasteiger partial charge in [0, 0.05) is 23.9 Å². The van der Waals surface area contributed by atoms with E-state index in [-0.39, 0.29) is 11.7 Å². The smallest absolute Gasteiger partial charge is 0.410 e. The highest BCUT2D eigenvalue weighted by atomic mass is 32.1. The first-order valence-electron chi connectivity index (χ1n) is 8.00. The Kier molecular flexibility index (Phi) is 3.98. The van der Waals surface area contributed by atoms with Crippen LogP contribution >= 0.6 is 11.3 Å². The molecule has 1 amide bonds. The summed E-state index contributed by atoms with van der Waals surface area (Å²) >= 11 is 1.79. The number of hydrogen-bond acceptors (Lipinski definition) is 4. The molecule has 1 spiro atoms. The monoisotopic (exact) mass is 323 g/mol. The molecule has 0 N–H and O–H groups in total. The number of amides is 1. The highest BCUT2D eigenvalue weighted by Gasteiger charge is 2.44. The SMILES string of the molecule is C[C@@H]1COC2(CCN(C(=O)OC(C)(C)C)CC2)c2sccc21. The Morgan fingerprint density at radius 3 is 2.73 bits per heavy atom. The Labute approximate surface area is 136 Å². The molecule has 22 heavy (non-hydrogen) atoms. The lowest BCUT2D eigenvalue weighted by atomic mass is 9.83. The van der Waals surface area contributed by atoms with Crippen molar-refractivity contribution in [3.63, 3.8) is 0 Å². The van der Waals surface area contributed by atoms with Crippen LogP contribution in [0.2, 0.25) is 0 Å². The van der Waals surface area contributed by atoms with Gasteiger partial charge in [-0.25, -0.2) is 4.79 Å². The lowest BCUT2D eigenvalue weighted by molar-refractivity contribution is -0.101. The van der Waals surface area contributed by atoms with Crippen molar-refractivity contribution < 1.29 is 14.3 Å². The molecule has 1 fully saturated rings. The number of hydrogen-bond donors (Lipinski definition) is 0. The fourth-order valence-electron chi connectivity index (χ4n) is 3.27. The summed E-state index contributed by atoms with van der Waals surface area (Å²) in [6.45, 7) is 10.1. The van der Waals surface area contributed by atoms with Gasteiger partial charge >= 0.3 is 6.09 Å². The number of piperidine rings is 1. The fourth-order valence-corrected chi connectivity index (χ4v) is 4.50. The average molecular weight is 323 g/mol. The molecule has 4 nitrogen and oxygen atoms in total. The first-order chi connectivity index (χ1) is 10.3. The molecule has 1 aromatic heterocycles. The van der Waals surface area contributed by atoms with Crippen LogP contribution in [0, 0.1) is 0 Å². The molecule has 0 aromatic carbocycles. The van der Waals surface area contributed by atoms with E-state index in [9.17, 15) is 4.79 Å². The van der Waals surface area contributed by atoms with Crippen molar-refractivity contribution in [1.29, 1.82) is 0 Å². The summed E-state index contributed by atoms with van der Waals surface area (Å²) in [7, 11) is 0. The Balaban J connectivity index is 1.70. The highest BCUT2D eigenvalue weighted by Crippen LogP contribution is 2.47. The predicted molar refractivity (Wildman–Crippen MR) is 87.4 cm³/mol. The summed E-state index contributed by atoms with van der Waals surface area (Å²) in [5.74, 6) is 0.468. The van der Waals surface area contributed by atoms with E-state index in [1.165, 1.54) is 10.4 Å². The van der Waals surface area contributed by atoms with E-state index in [1.54, 1.807) is 11.3 Å². The molecule has 122 valence electrons. The van der Waals surface area contributed by atoms with Gasteiger partial charge in [-0.15, -0.1) is 11.3 Å². The van der Waals surface area contributed by atoms with Gasteiger partial charge in [0.15, 0.2) is 0 Å². The molecule has 0 bridgehead atoms. The summed E-state index contributed by atoms with van der Waals surface area (Å²) in [4.78, 5) is 15.4. The Hall–Kier alpha value is -1.07. The molecule has 0 aliphatic carbocycles. The maximum Gasteiger partial charge on any atom is 0.410 e. The molecule has 5 heteroatoms. The van der Waals surface area contributed by atoms with E-state index in [0.717, 1.165) is 19.4 Å². The molecule has 1 aromatic rings. The topological polar surface area (TPSA) is 38.8 Å². The van der Waals surface area contributed by atoms with Gasteiger partial charge in [0.25, 0.3) is 0 Å². The van der Waals surface area contributed by atoms with Gasteiger partial charge in [0.2, 0.25) is 0 Å². The van der Waals surface area contributed by atoms with Gasteiger partial charge in [-0.3, -0.25) is 0 Å². The number of nitrogens with zero attached hydrogens (tertiary/aromatic N) is 1. The van der Waals surface area contributed by atoms with Crippen molar-refractivity contribution in [3.8, 4) is 0 Å². The van der Waals surface area contributed by atoms with E-state index in [4.69, 9.17) is 9.47 Å². The molecule has 0 unspecified atom stereocenters. The maximum atomic E-state index is 12.2. The second-order valence-corrected chi connectivity index (χ2v) is 8.29. The van der Waals surface area contributed by atoms with Gasteiger partial charge in [0.1, 0.15) is 11.2 Å². The van der Waals surface area contributed by atoms with Crippen molar-refractivity contribution >= 4 is 17.4 Å². The van der Waals surface area contributed by atoms with E-state index >= 15 is 0 Å². The third kappa shape index (κ3) is 2.88. The van der Waals surface area contributed by atoms with Crippen molar-refractivity contribution in [2.45, 2.75) is 57.7 Å².